The van der Waals surface area contributed by atoms with Crippen LogP contribution in [0.5, 0.6) is 0 Å². The van der Waals surface area contributed by atoms with Crippen LogP contribution in [0.1, 0.15) is 41.5 Å². The van der Waals surface area contributed by atoms with Crippen LogP contribution < -0.4 is 21.5 Å². The lowest BCUT2D eigenvalue weighted by molar-refractivity contribution is 0.707. The Bertz CT molecular complexity index is 844. The van der Waals surface area contributed by atoms with Crippen LogP contribution >= 0.6 is 0 Å². The van der Waals surface area contributed by atoms with E-state index in [1.54, 1.807) is 0 Å². The first-order valence-electron chi connectivity index (χ1n) is 9.35. The highest BCUT2D eigenvalue weighted by Crippen LogP contribution is 2.39. The number of anilines is 2. The van der Waals surface area contributed by atoms with E-state index in [0.717, 1.165) is 37.6 Å². The van der Waals surface area contributed by atoms with Crippen LogP contribution in [0.3, 0.4) is 0 Å². The third kappa shape index (κ3) is 4.01. The van der Waals surface area contributed by atoms with Gasteiger partial charge in [0.05, 0.1) is 5.69 Å². The fourth-order valence-electron chi connectivity index (χ4n) is 3.26. The van der Waals surface area contributed by atoms with Gasteiger partial charge >= 0.3 is 0 Å². The molecule has 1 saturated carbocycles. The summed E-state index contributed by atoms with van der Waals surface area (Å²) in [4.78, 5) is 28.1. The highest BCUT2D eigenvalue weighted by Gasteiger charge is 2.28. The molecular formula is C18H25N7O. The fraction of sp³-hybridized carbons (Fsp3) is 0.556. The average Bonchev–Trinajstić information content (AvgIpc) is 3.43. The number of aromatic amines is 1. The van der Waals surface area contributed by atoms with E-state index in [1.165, 1.54) is 30.2 Å². The van der Waals surface area contributed by atoms with E-state index in [0.29, 0.717) is 30.6 Å². The molecule has 0 saturated heterocycles. The molecule has 1 aliphatic carbocycles. The van der Waals surface area contributed by atoms with Crippen molar-refractivity contribution in [1.29, 1.82) is 0 Å². The first kappa shape index (κ1) is 17.0. The van der Waals surface area contributed by atoms with E-state index >= 15 is 0 Å². The molecule has 0 radical (unpaired) electrons. The smallest absolute Gasteiger partial charge is 0.252 e. The fourth-order valence-corrected chi connectivity index (χ4v) is 3.26. The van der Waals surface area contributed by atoms with Crippen molar-refractivity contribution in [2.24, 2.45) is 0 Å². The average molecular weight is 355 g/mol. The summed E-state index contributed by atoms with van der Waals surface area (Å²) in [5.41, 5.74) is 2.98. The largest absolute Gasteiger partial charge is 0.368 e. The summed E-state index contributed by atoms with van der Waals surface area (Å²) >= 11 is 0. The topological polar surface area (TPSA) is 108 Å². The van der Waals surface area contributed by atoms with Crippen LogP contribution in [0.4, 0.5) is 11.8 Å². The number of hydrogen-bond donors (Lipinski definition) is 4. The quantitative estimate of drug-likeness (QED) is 0.572. The summed E-state index contributed by atoms with van der Waals surface area (Å²) in [6.07, 6.45) is 4.30. The van der Waals surface area contributed by atoms with E-state index in [2.05, 4.69) is 25.9 Å². The molecule has 3 heterocycles. The molecule has 138 valence electrons. The number of nitrogens with one attached hydrogen (secondary N) is 4. The molecule has 0 amide bonds. The molecule has 0 bridgehead atoms. The van der Waals surface area contributed by atoms with Gasteiger partial charge < -0.3 is 16.0 Å². The second kappa shape index (κ2) is 7.41. The van der Waals surface area contributed by atoms with Gasteiger partial charge in [0.15, 0.2) is 0 Å². The summed E-state index contributed by atoms with van der Waals surface area (Å²) in [6, 6.07) is 1.48. The predicted molar refractivity (Wildman–Crippen MR) is 101 cm³/mol. The molecule has 1 aliphatic heterocycles. The summed E-state index contributed by atoms with van der Waals surface area (Å²) in [5.74, 6) is 3.00. The molecular weight excluding hydrogens is 330 g/mol. The summed E-state index contributed by atoms with van der Waals surface area (Å²) in [6.45, 7) is 5.07. The Balaban J connectivity index is 1.43. The molecule has 0 aromatic carbocycles. The Morgan fingerprint density at radius 3 is 2.73 bits per heavy atom. The van der Waals surface area contributed by atoms with Crippen molar-refractivity contribution in [3.63, 3.8) is 0 Å². The van der Waals surface area contributed by atoms with Gasteiger partial charge in [-0.3, -0.25) is 9.78 Å². The lowest BCUT2D eigenvalue weighted by Gasteiger charge is -2.15. The number of aryl methyl sites for hydroxylation is 1. The SMILES string of the molecule is Cc1cc(=O)[nH]c(NCCNc2nc(C3CC3)nc3c2CCNCC3)n1. The molecule has 8 heteroatoms. The van der Waals surface area contributed by atoms with Gasteiger partial charge in [0.25, 0.3) is 5.56 Å². The highest BCUT2D eigenvalue weighted by molar-refractivity contribution is 5.48. The zero-order chi connectivity index (χ0) is 17.9. The minimum Gasteiger partial charge on any atom is -0.368 e. The molecule has 0 atom stereocenters. The van der Waals surface area contributed by atoms with E-state index < -0.39 is 0 Å². The molecule has 2 aromatic rings. The van der Waals surface area contributed by atoms with E-state index in [9.17, 15) is 4.79 Å². The number of fused-ring (bicyclic) bond motifs is 1. The van der Waals surface area contributed by atoms with Crippen molar-refractivity contribution in [2.45, 2.75) is 38.5 Å². The van der Waals surface area contributed by atoms with E-state index in [1.807, 2.05) is 6.92 Å². The summed E-state index contributed by atoms with van der Waals surface area (Å²) in [5, 5.41) is 10.1. The van der Waals surface area contributed by atoms with Crippen molar-refractivity contribution in [3.8, 4) is 0 Å². The molecule has 8 nitrogen and oxygen atoms in total. The van der Waals surface area contributed by atoms with Gasteiger partial charge in [-0.2, -0.15) is 0 Å². The lowest BCUT2D eigenvalue weighted by atomic mass is 10.1. The lowest BCUT2D eigenvalue weighted by Crippen LogP contribution is -2.20. The Labute approximate surface area is 152 Å². The first-order chi connectivity index (χ1) is 12.7. The van der Waals surface area contributed by atoms with Gasteiger partial charge in [0.2, 0.25) is 5.95 Å². The van der Waals surface area contributed by atoms with Crippen molar-refractivity contribution >= 4 is 11.8 Å². The zero-order valence-electron chi connectivity index (χ0n) is 15.1. The van der Waals surface area contributed by atoms with Crippen molar-refractivity contribution < 1.29 is 0 Å². The second-order valence-electron chi connectivity index (χ2n) is 6.97. The maximum atomic E-state index is 11.5. The second-order valence-corrected chi connectivity index (χ2v) is 6.97. The van der Waals surface area contributed by atoms with Crippen LogP contribution in [0.25, 0.3) is 0 Å². The first-order valence-corrected chi connectivity index (χ1v) is 9.35. The van der Waals surface area contributed by atoms with Crippen LogP contribution in [-0.2, 0) is 12.8 Å². The predicted octanol–water partition coefficient (Wildman–Crippen LogP) is 0.958. The Kier molecular flexibility index (Phi) is 4.83. The molecule has 2 aliphatic rings. The van der Waals surface area contributed by atoms with Crippen LogP contribution in [0, 0.1) is 6.92 Å². The summed E-state index contributed by atoms with van der Waals surface area (Å²) < 4.78 is 0. The molecule has 4 N–H and O–H groups in total. The van der Waals surface area contributed by atoms with Crippen molar-refractivity contribution in [1.82, 2.24) is 25.3 Å². The number of hydrogen-bond acceptors (Lipinski definition) is 7. The monoisotopic (exact) mass is 355 g/mol. The van der Waals surface area contributed by atoms with Gasteiger partial charge in [0, 0.05) is 49.3 Å². The van der Waals surface area contributed by atoms with E-state index in [-0.39, 0.29) is 5.56 Å². The molecule has 2 aromatic heterocycles. The number of aromatic nitrogens is 4. The normalized spacial score (nSPS) is 16.7. The van der Waals surface area contributed by atoms with Crippen molar-refractivity contribution in [3.05, 3.63) is 39.2 Å². The molecule has 0 unspecified atom stereocenters. The maximum Gasteiger partial charge on any atom is 0.252 e. The van der Waals surface area contributed by atoms with Crippen LogP contribution in [0.15, 0.2) is 10.9 Å². The third-order valence-electron chi connectivity index (χ3n) is 4.72. The minimum atomic E-state index is -0.143. The zero-order valence-corrected chi connectivity index (χ0v) is 15.1. The number of H-pyrrole nitrogens is 1. The summed E-state index contributed by atoms with van der Waals surface area (Å²) in [7, 11) is 0. The maximum absolute atomic E-state index is 11.5. The Morgan fingerprint density at radius 2 is 1.92 bits per heavy atom. The third-order valence-corrected chi connectivity index (χ3v) is 4.72. The molecule has 1 fully saturated rings. The van der Waals surface area contributed by atoms with Crippen molar-refractivity contribution in [2.75, 3.05) is 36.8 Å². The minimum absolute atomic E-state index is 0.143. The number of rotatable bonds is 6. The van der Waals surface area contributed by atoms with Gasteiger partial charge in [-0.05, 0) is 32.7 Å². The van der Waals surface area contributed by atoms with Crippen LogP contribution in [-0.4, -0.2) is 46.1 Å². The molecule has 0 spiro atoms. The van der Waals surface area contributed by atoms with Gasteiger partial charge in [-0.1, -0.05) is 0 Å². The molecule has 26 heavy (non-hydrogen) atoms. The number of nitrogens with zero attached hydrogens (tertiary/aromatic N) is 3. The van der Waals surface area contributed by atoms with Gasteiger partial charge in [0.1, 0.15) is 11.6 Å². The van der Waals surface area contributed by atoms with E-state index in [4.69, 9.17) is 9.97 Å². The Morgan fingerprint density at radius 1 is 1.12 bits per heavy atom. The van der Waals surface area contributed by atoms with Gasteiger partial charge in [-0.25, -0.2) is 15.0 Å². The molecule has 4 rings (SSSR count). The Hall–Kier alpha value is -2.48. The highest BCUT2D eigenvalue weighted by atomic mass is 16.1. The van der Waals surface area contributed by atoms with Gasteiger partial charge in [-0.15, -0.1) is 0 Å². The van der Waals surface area contributed by atoms with Crippen LogP contribution in [0.2, 0.25) is 0 Å². The standard InChI is InChI=1S/C18H25N7O/c1-11-10-15(26)24-18(22-11)21-9-8-20-17-13-4-6-19-7-5-14(13)23-16(25-17)12-2-3-12/h10,12,19H,2-9H2,1H3,(H,20,23,25)(H2,21,22,24,26).